The van der Waals surface area contributed by atoms with Crippen LogP contribution >= 0.6 is 0 Å². The lowest BCUT2D eigenvalue weighted by molar-refractivity contribution is 0.112. The van der Waals surface area contributed by atoms with Crippen molar-refractivity contribution in [3.63, 3.8) is 0 Å². The molecule has 3 aromatic carbocycles. The Kier molecular flexibility index (Phi) is 3.30. The molecule has 21 heavy (non-hydrogen) atoms. The molecule has 2 heteroatoms. The van der Waals surface area contributed by atoms with Crippen LogP contribution in [0.3, 0.4) is 0 Å². The van der Waals surface area contributed by atoms with Gasteiger partial charge in [0.15, 0.2) is 6.29 Å². The summed E-state index contributed by atoms with van der Waals surface area (Å²) in [5, 5.41) is 1.92. The van der Waals surface area contributed by atoms with E-state index in [0.29, 0.717) is 11.1 Å². The van der Waals surface area contributed by atoms with Gasteiger partial charge in [-0.25, -0.2) is 4.39 Å². The van der Waals surface area contributed by atoms with Crippen molar-refractivity contribution in [1.82, 2.24) is 0 Å². The first-order valence-corrected chi connectivity index (χ1v) is 6.85. The Bertz CT molecular complexity index is 850. The van der Waals surface area contributed by atoms with Crippen molar-refractivity contribution in [2.45, 2.75) is 13.8 Å². The number of carbonyl (C=O) groups is 1. The van der Waals surface area contributed by atoms with E-state index in [4.69, 9.17) is 0 Å². The molecule has 0 amide bonds. The molecule has 0 saturated carbocycles. The van der Waals surface area contributed by atoms with Gasteiger partial charge in [-0.2, -0.15) is 0 Å². The fraction of sp³-hybridized carbons (Fsp3) is 0.105. The molecular formula is C19H15FO. The first kappa shape index (κ1) is 13.5. The van der Waals surface area contributed by atoms with Gasteiger partial charge in [0.1, 0.15) is 5.82 Å². The summed E-state index contributed by atoms with van der Waals surface area (Å²) in [6.45, 7) is 3.67. The van der Waals surface area contributed by atoms with Crippen LogP contribution in [-0.2, 0) is 0 Å². The van der Waals surface area contributed by atoms with E-state index in [1.54, 1.807) is 19.1 Å². The van der Waals surface area contributed by atoms with Gasteiger partial charge in [-0.15, -0.1) is 0 Å². The van der Waals surface area contributed by atoms with Crippen LogP contribution < -0.4 is 0 Å². The predicted octanol–water partition coefficient (Wildman–Crippen LogP) is 5.08. The van der Waals surface area contributed by atoms with Crippen LogP contribution in [0.1, 0.15) is 21.5 Å². The summed E-state index contributed by atoms with van der Waals surface area (Å²) < 4.78 is 13.7. The zero-order valence-corrected chi connectivity index (χ0v) is 12.0. The van der Waals surface area contributed by atoms with Gasteiger partial charge in [0.2, 0.25) is 0 Å². The molecule has 0 fully saturated rings. The van der Waals surface area contributed by atoms with Gasteiger partial charge in [-0.05, 0) is 59.0 Å². The van der Waals surface area contributed by atoms with E-state index < -0.39 is 0 Å². The van der Waals surface area contributed by atoms with Gasteiger partial charge in [0.05, 0.1) is 0 Å². The molecule has 0 unspecified atom stereocenters. The molecule has 0 aliphatic carbocycles. The highest BCUT2D eigenvalue weighted by molar-refractivity contribution is 6.00. The van der Waals surface area contributed by atoms with Crippen molar-refractivity contribution in [3.8, 4) is 11.1 Å². The summed E-state index contributed by atoms with van der Waals surface area (Å²) in [5.41, 5.74) is 4.11. The molecule has 1 nitrogen and oxygen atoms in total. The van der Waals surface area contributed by atoms with E-state index in [1.165, 1.54) is 0 Å². The second-order valence-electron chi connectivity index (χ2n) is 5.31. The summed E-state index contributed by atoms with van der Waals surface area (Å²) in [6, 6.07) is 15.0. The van der Waals surface area contributed by atoms with E-state index in [0.717, 1.165) is 33.7 Å². The minimum absolute atomic E-state index is 0.204. The molecule has 0 heterocycles. The minimum Gasteiger partial charge on any atom is -0.298 e. The highest BCUT2D eigenvalue weighted by atomic mass is 19.1. The van der Waals surface area contributed by atoms with Crippen LogP contribution in [-0.4, -0.2) is 6.29 Å². The Morgan fingerprint density at radius 2 is 1.52 bits per heavy atom. The largest absolute Gasteiger partial charge is 0.298 e. The van der Waals surface area contributed by atoms with Gasteiger partial charge < -0.3 is 0 Å². The zero-order chi connectivity index (χ0) is 15.0. The first-order chi connectivity index (χ1) is 10.1. The zero-order valence-electron chi connectivity index (χ0n) is 12.0. The summed E-state index contributed by atoms with van der Waals surface area (Å²) in [4.78, 5) is 11.2. The third-order valence-corrected chi connectivity index (χ3v) is 3.90. The standard InChI is InChI=1S/C19H15FO/c1-12-3-6-16-9-14(7-8-17(16)18(12)11-21)15-5-4-13(2)19(20)10-15/h3-11H,1-2H3. The number of halogens is 1. The molecule has 0 N–H and O–H groups in total. The Balaban J connectivity index is 2.19. The van der Waals surface area contributed by atoms with E-state index in [-0.39, 0.29) is 5.82 Å². The van der Waals surface area contributed by atoms with Gasteiger partial charge in [-0.1, -0.05) is 36.4 Å². The van der Waals surface area contributed by atoms with Crippen LogP contribution in [0, 0.1) is 19.7 Å². The Morgan fingerprint density at radius 3 is 2.24 bits per heavy atom. The molecule has 0 aliphatic heterocycles. The van der Waals surface area contributed by atoms with Crippen LogP contribution in [0.15, 0.2) is 48.5 Å². The Hall–Kier alpha value is -2.48. The molecule has 0 radical (unpaired) electrons. The highest BCUT2D eigenvalue weighted by Gasteiger charge is 2.07. The fourth-order valence-electron chi connectivity index (χ4n) is 2.57. The van der Waals surface area contributed by atoms with Crippen molar-refractivity contribution in [2.24, 2.45) is 0 Å². The van der Waals surface area contributed by atoms with Crippen molar-refractivity contribution < 1.29 is 9.18 Å². The smallest absolute Gasteiger partial charge is 0.150 e. The van der Waals surface area contributed by atoms with Crippen LogP contribution in [0.2, 0.25) is 0 Å². The van der Waals surface area contributed by atoms with Crippen molar-refractivity contribution >= 4 is 17.1 Å². The summed E-state index contributed by atoms with van der Waals surface area (Å²) in [7, 11) is 0. The number of aryl methyl sites for hydroxylation is 2. The molecule has 3 aromatic rings. The van der Waals surface area contributed by atoms with Crippen LogP contribution in [0.4, 0.5) is 4.39 Å². The number of aldehydes is 1. The maximum absolute atomic E-state index is 13.7. The maximum atomic E-state index is 13.7. The van der Waals surface area contributed by atoms with Gasteiger partial charge in [0.25, 0.3) is 0 Å². The van der Waals surface area contributed by atoms with E-state index >= 15 is 0 Å². The second kappa shape index (κ2) is 5.13. The van der Waals surface area contributed by atoms with Gasteiger partial charge in [0, 0.05) is 5.56 Å². The molecule has 0 aliphatic rings. The van der Waals surface area contributed by atoms with E-state index in [2.05, 4.69) is 0 Å². The van der Waals surface area contributed by atoms with Crippen molar-refractivity contribution in [1.29, 1.82) is 0 Å². The number of fused-ring (bicyclic) bond motifs is 1. The maximum Gasteiger partial charge on any atom is 0.150 e. The SMILES string of the molecule is Cc1ccc(-c2ccc3c(C=O)c(C)ccc3c2)cc1F. The molecule has 0 aromatic heterocycles. The van der Waals surface area contributed by atoms with Gasteiger partial charge >= 0.3 is 0 Å². The molecule has 104 valence electrons. The topological polar surface area (TPSA) is 17.1 Å². The van der Waals surface area contributed by atoms with E-state index in [9.17, 15) is 9.18 Å². The van der Waals surface area contributed by atoms with E-state index in [1.807, 2.05) is 43.3 Å². The Labute approximate surface area is 123 Å². The third-order valence-electron chi connectivity index (χ3n) is 3.90. The number of rotatable bonds is 2. The number of hydrogen-bond acceptors (Lipinski definition) is 1. The van der Waals surface area contributed by atoms with Gasteiger partial charge in [-0.3, -0.25) is 4.79 Å². The minimum atomic E-state index is -0.204. The molecule has 0 bridgehead atoms. The summed E-state index contributed by atoms with van der Waals surface area (Å²) in [5.74, 6) is -0.204. The second-order valence-corrected chi connectivity index (χ2v) is 5.31. The molecule has 0 spiro atoms. The average molecular weight is 278 g/mol. The lowest BCUT2D eigenvalue weighted by Gasteiger charge is -2.08. The lowest BCUT2D eigenvalue weighted by Crippen LogP contribution is -1.90. The molecule has 0 atom stereocenters. The molecule has 3 rings (SSSR count). The Morgan fingerprint density at radius 1 is 0.857 bits per heavy atom. The molecular weight excluding hydrogens is 263 g/mol. The summed E-state index contributed by atoms with van der Waals surface area (Å²) in [6.07, 6.45) is 0.892. The lowest BCUT2D eigenvalue weighted by atomic mass is 9.96. The summed E-state index contributed by atoms with van der Waals surface area (Å²) >= 11 is 0. The monoisotopic (exact) mass is 278 g/mol. The number of hydrogen-bond donors (Lipinski definition) is 0. The van der Waals surface area contributed by atoms with Crippen molar-refractivity contribution in [3.05, 3.63) is 71.0 Å². The predicted molar refractivity (Wildman–Crippen MR) is 84.2 cm³/mol. The first-order valence-electron chi connectivity index (χ1n) is 6.85. The normalized spacial score (nSPS) is 10.8. The quantitative estimate of drug-likeness (QED) is 0.598. The van der Waals surface area contributed by atoms with Crippen LogP contribution in [0.25, 0.3) is 21.9 Å². The fourth-order valence-corrected chi connectivity index (χ4v) is 2.57. The van der Waals surface area contributed by atoms with Crippen LogP contribution in [0.5, 0.6) is 0 Å². The van der Waals surface area contributed by atoms with Crippen molar-refractivity contribution in [2.75, 3.05) is 0 Å². The average Bonchev–Trinajstić information content (AvgIpc) is 2.49. The number of carbonyl (C=O) groups excluding carboxylic acids is 1. The highest BCUT2D eigenvalue weighted by Crippen LogP contribution is 2.28. The molecule has 0 saturated heterocycles. The number of benzene rings is 3. The third kappa shape index (κ3) is 2.33.